The molecule has 3 heterocycles. The number of rotatable bonds is 3. The van der Waals surface area contributed by atoms with Gasteiger partial charge in [0.15, 0.2) is 0 Å². The summed E-state index contributed by atoms with van der Waals surface area (Å²) in [6, 6.07) is 5.17. The molecule has 0 spiro atoms. The van der Waals surface area contributed by atoms with Gasteiger partial charge in [0.25, 0.3) is 5.91 Å². The first-order valence-corrected chi connectivity index (χ1v) is 6.92. The van der Waals surface area contributed by atoms with Gasteiger partial charge in [-0.25, -0.2) is 4.98 Å². The molecule has 0 radical (unpaired) electrons. The van der Waals surface area contributed by atoms with Crippen molar-refractivity contribution in [2.45, 2.75) is 50.7 Å². The molecule has 3 rings (SSSR count). The van der Waals surface area contributed by atoms with Crippen LogP contribution in [-0.2, 0) is 0 Å². The number of carbonyl (C=O) groups is 1. The summed E-state index contributed by atoms with van der Waals surface area (Å²) < 4.78 is 0. The molecule has 1 amide bonds. The molecule has 19 heavy (non-hydrogen) atoms. The van der Waals surface area contributed by atoms with Crippen molar-refractivity contribution in [2.24, 2.45) is 5.73 Å². The molecule has 2 unspecified atom stereocenters. The highest BCUT2D eigenvalue weighted by atomic mass is 16.1. The lowest BCUT2D eigenvalue weighted by Crippen LogP contribution is -2.43. The normalized spacial score (nSPS) is 29.2. The van der Waals surface area contributed by atoms with Crippen molar-refractivity contribution in [1.82, 2.24) is 10.3 Å². The Morgan fingerprint density at radius 2 is 2.05 bits per heavy atom. The highest BCUT2D eigenvalue weighted by Crippen LogP contribution is 2.29. The molecule has 4 N–H and O–H groups in total. The standard InChI is InChI=1S/C14H20N4O/c1-8-2-5-12(13(15)19)14(16-8)18-11-6-9-3-4-10(7-11)17-9/h2,5,9-11,17H,3-4,6-7H2,1H3,(H2,15,19)(H,16,18). The van der Waals surface area contributed by atoms with Crippen molar-refractivity contribution in [3.63, 3.8) is 0 Å². The van der Waals surface area contributed by atoms with Crippen molar-refractivity contribution in [1.29, 1.82) is 0 Å². The Bertz CT molecular complexity index is 490. The molecule has 2 bridgehead atoms. The predicted molar refractivity (Wildman–Crippen MR) is 74.1 cm³/mol. The number of nitrogens with one attached hydrogen (secondary N) is 2. The fourth-order valence-corrected chi connectivity index (χ4v) is 3.23. The number of nitrogens with two attached hydrogens (primary N) is 1. The molecule has 1 aromatic rings. The van der Waals surface area contributed by atoms with Gasteiger partial charge in [-0.2, -0.15) is 0 Å². The average Bonchev–Trinajstić information content (AvgIpc) is 2.68. The zero-order valence-electron chi connectivity index (χ0n) is 11.1. The number of carbonyl (C=O) groups excluding carboxylic acids is 1. The van der Waals surface area contributed by atoms with Gasteiger partial charge in [0.2, 0.25) is 0 Å². The first kappa shape index (κ1) is 12.4. The van der Waals surface area contributed by atoms with E-state index in [1.54, 1.807) is 6.07 Å². The van der Waals surface area contributed by atoms with Crippen molar-refractivity contribution in [3.8, 4) is 0 Å². The number of piperidine rings is 1. The first-order chi connectivity index (χ1) is 9.11. The van der Waals surface area contributed by atoms with E-state index in [4.69, 9.17) is 5.73 Å². The van der Waals surface area contributed by atoms with E-state index in [2.05, 4.69) is 15.6 Å². The van der Waals surface area contributed by atoms with Crippen LogP contribution in [-0.4, -0.2) is 29.0 Å². The van der Waals surface area contributed by atoms with Crippen LogP contribution in [0.3, 0.4) is 0 Å². The van der Waals surface area contributed by atoms with Gasteiger partial charge in [0.1, 0.15) is 5.82 Å². The zero-order valence-corrected chi connectivity index (χ0v) is 11.1. The first-order valence-electron chi connectivity index (χ1n) is 6.92. The van der Waals surface area contributed by atoms with Crippen molar-refractivity contribution in [3.05, 3.63) is 23.4 Å². The number of fused-ring (bicyclic) bond motifs is 2. The Morgan fingerprint density at radius 1 is 1.37 bits per heavy atom. The van der Waals surface area contributed by atoms with Crippen LogP contribution in [0.1, 0.15) is 41.7 Å². The minimum Gasteiger partial charge on any atom is -0.367 e. The molecule has 2 aliphatic rings. The number of amides is 1. The maximum Gasteiger partial charge on any atom is 0.252 e. The van der Waals surface area contributed by atoms with Crippen LogP contribution in [0.25, 0.3) is 0 Å². The van der Waals surface area contributed by atoms with Crippen LogP contribution >= 0.6 is 0 Å². The Kier molecular flexibility index (Phi) is 3.14. The van der Waals surface area contributed by atoms with Crippen LogP contribution in [0.4, 0.5) is 5.82 Å². The maximum absolute atomic E-state index is 11.4. The number of aryl methyl sites for hydroxylation is 1. The van der Waals surface area contributed by atoms with Gasteiger partial charge in [-0.05, 0) is 44.7 Å². The topological polar surface area (TPSA) is 80.0 Å². The van der Waals surface area contributed by atoms with Crippen LogP contribution < -0.4 is 16.4 Å². The van der Waals surface area contributed by atoms with Crippen LogP contribution in [0.15, 0.2) is 12.1 Å². The highest BCUT2D eigenvalue weighted by molar-refractivity contribution is 5.97. The summed E-state index contributed by atoms with van der Waals surface area (Å²) in [4.78, 5) is 15.9. The monoisotopic (exact) mass is 260 g/mol. The number of nitrogens with zero attached hydrogens (tertiary/aromatic N) is 1. The average molecular weight is 260 g/mol. The Morgan fingerprint density at radius 3 is 2.68 bits per heavy atom. The largest absolute Gasteiger partial charge is 0.367 e. The van der Waals surface area contributed by atoms with E-state index in [0.29, 0.717) is 29.5 Å². The third kappa shape index (κ3) is 2.56. The SMILES string of the molecule is Cc1ccc(C(N)=O)c(NC2CC3CCC(C2)N3)n1. The summed E-state index contributed by atoms with van der Waals surface area (Å²) in [6.45, 7) is 1.92. The Labute approximate surface area is 113 Å². The molecule has 0 aromatic carbocycles. The molecule has 2 fully saturated rings. The molecule has 2 atom stereocenters. The lowest BCUT2D eigenvalue weighted by Gasteiger charge is -2.30. The minimum absolute atomic E-state index is 0.381. The van der Waals surface area contributed by atoms with E-state index in [9.17, 15) is 4.79 Å². The fourth-order valence-electron chi connectivity index (χ4n) is 3.23. The molecule has 5 heteroatoms. The molecule has 5 nitrogen and oxygen atoms in total. The summed E-state index contributed by atoms with van der Waals surface area (Å²) in [6.07, 6.45) is 4.69. The number of anilines is 1. The van der Waals surface area contributed by atoms with E-state index in [-0.39, 0.29) is 0 Å². The van der Waals surface area contributed by atoms with Crippen molar-refractivity contribution >= 4 is 11.7 Å². The zero-order chi connectivity index (χ0) is 13.4. The smallest absolute Gasteiger partial charge is 0.252 e. The summed E-state index contributed by atoms with van der Waals surface area (Å²) in [5, 5.41) is 7.02. The minimum atomic E-state index is -0.424. The number of hydrogen-bond acceptors (Lipinski definition) is 4. The van der Waals surface area contributed by atoms with Crippen LogP contribution in [0.2, 0.25) is 0 Å². The lowest BCUT2D eigenvalue weighted by atomic mass is 9.99. The lowest BCUT2D eigenvalue weighted by molar-refractivity contribution is 0.100. The molecule has 102 valence electrons. The van der Waals surface area contributed by atoms with Gasteiger partial charge < -0.3 is 16.4 Å². The van der Waals surface area contributed by atoms with E-state index >= 15 is 0 Å². The summed E-state index contributed by atoms with van der Waals surface area (Å²) in [5.74, 6) is 0.214. The fraction of sp³-hybridized carbons (Fsp3) is 0.571. The summed E-state index contributed by atoms with van der Waals surface area (Å²) >= 11 is 0. The van der Waals surface area contributed by atoms with Gasteiger partial charge in [0.05, 0.1) is 5.56 Å². The molecule has 2 aliphatic heterocycles. The van der Waals surface area contributed by atoms with Gasteiger partial charge in [-0.15, -0.1) is 0 Å². The molecule has 2 saturated heterocycles. The summed E-state index contributed by atoms with van der Waals surface area (Å²) in [5.41, 5.74) is 6.78. The van der Waals surface area contributed by atoms with Gasteiger partial charge >= 0.3 is 0 Å². The molecule has 1 aromatic heterocycles. The number of hydrogen-bond donors (Lipinski definition) is 3. The molecular formula is C14H20N4O. The van der Waals surface area contributed by atoms with E-state index < -0.39 is 5.91 Å². The molecular weight excluding hydrogens is 240 g/mol. The van der Waals surface area contributed by atoms with E-state index in [1.165, 1.54) is 12.8 Å². The second-order valence-electron chi connectivity index (χ2n) is 5.66. The summed E-state index contributed by atoms with van der Waals surface area (Å²) in [7, 11) is 0. The second kappa shape index (κ2) is 4.81. The van der Waals surface area contributed by atoms with E-state index in [1.807, 2.05) is 13.0 Å². The van der Waals surface area contributed by atoms with Gasteiger partial charge in [-0.1, -0.05) is 0 Å². The third-order valence-corrected chi connectivity index (χ3v) is 4.11. The number of aromatic nitrogens is 1. The van der Waals surface area contributed by atoms with Gasteiger partial charge in [0, 0.05) is 23.8 Å². The molecule has 0 saturated carbocycles. The Hall–Kier alpha value is -1.62. The Balaban J connectivity index is 1.79. The van der Waals surface area contributed by atoms with Gasteiger partial charge in [-0.3, -0.25) is 4.79 Å². The van der Waals surface area contributed by atoms with Crippen molar-refractivity contribution in [2.75, 3.05) is 5.32 Å². The quantitative estimate of drug-likeness (QED) is 0.762. The number of pyridine rings is 1. The predicted octanol–water partition coefficient (Wildman–Crippen LogP) is 1.18. The highest BCUT2D eigenvalue weighted by Gasteiger charge is 2.33. The second-order valence-corrected chi connectivity index (χ2v) is 5.66. The van der Waals surface area contributed by atoms with Crippen LogP contribution in [0.5, 0.6) is 0 Å². The maximum atomic E-state index is 11.4. The van der Waals surface area contributed by atoms with Crippen molar-refractivity contribution < 1.29 is 4.79 Å². The van der Waals surface area contributed by atoms with E-state index in [0.717, 1.165) is 18.5 Å². The molecule has 0 aliphatic carbocycles. The van der Waals surface area contributed by atoms with Crippen LogP contribution in [0, 0.1) is 6.92 Å². The number of primary amides is 1. The third-order valence-electron chi connectivity index (χ3n) is 4.11.